The summed E-state index contributed by atoms with van der Waals surface area (Å²) in [6, 6.07) is 4.45. The van der Waals surface area contributed by atoms with Crippen molar-refractivity contribution in [3.8, 4) is 0 Å². The maximum atomic E-state index is 4.39. The molecule has 0 spiro atoms. The SMILES string of the molecule is CCC(Nc1nnc(C)c(C)n1)c1cccs1. The van der Waals surface area contributed by atoms with E-state index >= 15 is 0 Å². The van der Waals surface area contributed by atoms with Crippen LogP contribution in [-0.2, 0) is 0 Å². The predicted octanol–water partition coefficient (Wildman–Crippen LogP) is 3.11. The van der Waals surface area contributed by atoms with Crippen LogP contribution >= 0.6 is 11.3 Å². The van der Waals surface area contributed by atoms with Crippen molar-refractivity contribution in [2.75, 3.05) is 5.32 Å². The zero-order valence-corrected chi connectivity index (χ0v) is 11.1. The molecule has 4 nitrogen and oxygen atoms in total. The zero-order valence-electron chi connectivity index (χ0n) is 10.3. The lowest BCUT2D eigenvalue weighted by Crippen LogP contribution is -2.12. The first kappa shape index (κ1) is 12.0. The van der Waals surface area contributed by atoms with Gasteiger partial charge in [-0.05, 0) is 31.7 Å². The third-order valence-electron chi connectivity index (χ3n) is 2.69. The summed E-state index contributed by atoms with van der Waals surface area (Å²) < 4.78 is 0. The van der Waals surface area contributed by atoms with Gasteiger partial charge in [0.2, 0.25) is 5.95 Å². The van der Waals surface area contributed by atoms with Crippen LogP contribution in [0.2, 0.25) is 0 Å². The fraction of sp³-hybridized carbons (Fsp3) is 0.417. The summed E-state index contributed by atoms with van der Waals surface area (Å²) in [5, 5.41) is 13.6. The van der Waals surface area contributed by atoms with Gasteiger partial charge < -0.3 is 5.32 Å². The number of anilines is 1. The van der Waals surface area contributed by atoms with Gasteiger partial charge in [0, 0.05) is 4.88 Å². The summed E-state index contributed by atoms with van der Waals surface area (Å²) in [6.45, 7) is 6.00. The molecular formula is C12H16N4S. The van der Waals surface area contributed by atoms with E-state index in [9.17, 15) is 0 Å². The number of aromatic nitrogens is 3. The standard InChI is InChI=1S/C12H16N4S/c1-4-10(11-6-5-7-17-11)14-12-13-8(2)9(3)15-16-12/h5-7,10H,4H2,1-3H3,(H,13,14,16). The number of rotatable bonds is 4. The van der Waals surface area contributed by atoms with E-state index in [-0.39, 0.29) is 6.04 Å². The van der Waals surface area contributed by atoms with Crippen molar-refractivity contribution in [2.45, 2.75) is 33.2 Å². The molecule has 2 aromatic heterocycles. The molecule has 1 N–H and O–H groups in total. The van der Waals surface area contributed by atoms with E-state index in [1.807, 2.05) is 13.8 Å². The quantitative estimate of drug-likeness (QED) is 0.903. The van der Waals surface area contributed by atoms with E-state index in [4.69, 9.17) is 0 Å². The Morgan fingerprint density at radius 2 is 2.12 bits per heavy atom. The van der Waals surface area contributed by atoms with Crippen molar-refractivity contribution in [2.24, 2.45) is 0 Å². The molecule has 0 aliphatic rings. The Hall–Kier alpha value is -1.49. The van der Waals surface area contributed by atoms with Gasteiger partial charge in [-0.15, -0.1) is 16.4 Å². The van der Waals surface area contributed by atoms with Crippen molar-refractivity contribution in [3.63, 3.8) is 0 Å². The molecule has 0 saturated carbocycles. The molecule has 0 amide bonds. The molecule has 0 fully saturated rings. The van der Waals surface area contributed by atoms with Crippen LogP contribution in [0.4, 0.5) is 5.95 Å². The Morgan fingerprint density at radius 1 is 1.29 bits per heavy atom. The minimum Gasteiger partial charge on any atom is -0.345 e. The molecule has 0 aliphatic carbocycles. The minimum absolute atomic E-state index is 0.263. The van der Waals surface area contributed by atoms with Crippen LogP contribution in [0.5, 0.6) is 0 Å². The Bertz CT molecular complexity index is 481. The first-order valence-electron chi connectivity index (χ1n) is 5.68. The van der Waals surface area contributed by atoms with Crippen LogP contribution in [0.15, 0.2) is 17.5 Å². The minimum atomic E-state index is 0.263. The summed E-state index contributed by atoms with van der Waals surface area (Å²) in [5.41, 5.74) is 1.79. The highest BCUT2D eigenvalue weighted by atomic mass is 32.1. The monoisotopic (exact) mass is 248 g/mol. The predicted molar refractivity (Wildman–Crippen MR) is 70.3 cm³/mol. The largest absolute Gasteiger partial charge is 0.345 e. The van der Waals surface area contributed by atoms with E-state index in [0.29, 0.717) is 5.95 Å². The molecular weight excluding hydrogens is 232 g/mol. The van der Waals surface area contributed by atoms with Gasteiger partial charge in [-0.2, -0.15) is 5.10 Å². The van der Waals surface area contributed by atoms with Gasteiger partial charge in [0.25, 0.3) is 0 Å². The van der Waals surface area contributed by atoms with Crippen molar-refractivity contribution in [1.29, 1.82) is 0 Å². The van der Waals surface area contributed by atoms with E-state index in [1.54, 1.807) is 11.3 Å². The Balaban J connectivity index is 2.16. The average molecular weight is 248 g/mol. The Morgan fingerprint density at radius 3 is 2.71 bits per heavy atom. The van der Waals surface area contributed by atoms with Gasteiger partial charge in [-0.1, -0.05) is 13.0 Å². The topological polar surface area (TPSA) is 50.7 Å². The molecule has 0 aliphatic heterocycles. The van der Waals surface area contributed by atoms with E-state index in [0.717, 1.165) is 17.8 Å². The molecule has 2 heterocycles. The van der Waals surface area contributed by atoms with Crippen LogP contribution in [0.3, 0.4) is 0 Å². The highest BCUT2D eigenvalue weighted by Gasteiger charge is 2.12. The summed E-state index contributed by atoms with van der Waals surface area (Å²) in [4.78, 5) is 5.69. The second-order valence-corrected chi connectivity index (χ2v) is 4.91. The molecule has 0 aromatic carbocycles. The molecule has 2 rings (SSSR count). The van der Waals surface area contributed by atoms with E-state index in [2.05, 4.69) is 44.9 Å². The molecule has 1 atom stereocenters. The second kappa shape index (κ2) is 5.23. The summed E-state index contributed by atoms with van der Waals surface area (Å²) in [6.07, 6.45) is 0.997. The normalized spacial score (nSPS) is 12.4. The third-order valence-corrected chi connectivity index (χ3v) is 3.68. The second-order valence-electron chi connectivity index (χ2n) is 3.93. The fourth-order valence-electron chi connectivity index (χ4n) is 1.54. The van der Waals surface area contributed by atoms with Crippen LogP contribution in [-0.4, -0.2) is 15.2 Å². The maximum absolute atomic E-state index is 4.39. The highest BCUT2D eigenvalue weighted by Crippen LogP contribution is 2.24. The molecule has 5 heteroatoms. The molecule has 1 unspecified atom stereocenters. The lowest BCUT2D eigenvalue weighted by molar-refractivity contribution is 0.740. The lowest BCUT2D eigenvalue weighted by Gasteiger charge is -2.15. The molecule has 17 heavy (non-hydrogen) atoms. The highest BCUT2D eigenvalue weighted by molar-refractivity contribution is 7.10. The number of thiophene rings is 1. The van der Waals surface area contributed by atoms with Crippen LogP contribution in [0.25, 0.3) is 0 Å². The van der Waals surface area contributed by atoms with Crippen LogP contribution < -0.4 is 5.32 Å². The lowest BCUT2D eigenvalue weighted by atomic mass is 10.2. The van der Waals surface area contributed by atoms with Gasteiger partial charge in [0.15, 0.2) is 0 Å². The Kier molecular flexibility index (Phi) is 3.68. The van der Waals surface area contributed by atoms with Crippen LogP contribution in [0, 0.1) is 13.8 Å². The first-order valence-corrected chi connectivity index (χ1v) is 6.56. The van der Waals surface area contributed by atoms with Crippen molar-refractivity contribution >= 4 is 17.3 Å². The summed E-state index contributed by atoms with van der Waals surface area (Å²) in [7, 11) is 0. The molecule has 0 bridgehead atoms. The number of hydrogen-bond donors (Lipinski definition) is 1. The number of nitrogens with one attached hydrogen (secondary N) is 1. The summed E-state index contributed by atoms with van der Waals surface area (Å²) in [5.74, 6) is 0.605. The van der Waals surface area contributed by atoms with Crippen molar-refractivity contribution in [1.82, 2.24) is 15.2 Å². The summed E-state index contributed by atoms with van der Waals surface area (Å²) >= 11 is 1.74. The average Bonchev–Trinajstić information content (AvgIpc) is 2.84. The maximum Gasteiger partial charge on any atom is 0.243 e. The fourth-order valence-corrected chi connectivity index (χ4v) is 2.40. The molecule has 0 saturated heterocycles. The molecule has 2 aromatic rings. The number of nitrogens with zero attached hydrogens (tertiary/aromatic N) is 3. The van der Waals surface area contributed by atoms with Gasteiger partial charge in [-0.25, -0.2) is 4.98 Å². The zero-order chi connectivity index (χ0) is 12.3. The van der Waals surface area contributed by atoms with Crippen LogP contribution in [0.1, 0.15) is 35.7 Å². The van der Waals surface area contributed by atoms with Gasteiger partial charge in [0.1, 0.15) is 0 Å². The number of hydrogen-bond acceptors (Lipinski definition) is 5. The smallest absolute Gasteiger partial charge is 0.243 e. The van der Waals surface area contributed by atoms with Crippen molar-refractivity contribution in [3.05, 3.63) is 33.8 Å². The van der Waals surface area contributed by atoms with Gasteiger partial charge in [-0.3, -0.25) is 0 Å². The first-order chi connectivity index (χ1) is 8.20. The third kappa shape index (κ3) is 2.79. The molecule has 0 radical (unpaired) electrons. The van der Waals surface area contributed by atoms with Gasteiger partial charge in [0.05, 0.1) is 17.4 Å². The van der Waals surface area contributed by atoms with E-state index < -0.39 is 0 Å². The van der Waals surface area contributed by atoms with Crippen molar-refractivity contribution < 1.29 is 0 Å². The van der Waals surface area contributed by atoms with E-state index in [1.165, 1.54) is 4.88 Å². The Labute approximate surface area is 105 Å². The van der Waals surface area contributed by atoms with Gasteiger partial charge >= 0.3 is 0 Å². The number of aryl methyl sites for hydroxylation is 2. The molecule has 90 valence electrons.